The van der Waals surface area contributed by atoms with Crippen molar-refractivity contribution < 1.29 is 19.1 Å². The summed E-state index contributed by atoms with van der Waals surface area (Å²) >= 11 is 3.44. The maximum atomic E-state index is 13.5. The average molecular weight is 438 g/mol. The molecule has 28 heavy (non-hydrogen) atoms. The number of nitrogens with zero attached hydrogens (tertiary/aromatic N) is 1. The van der Waals surface area contributed by atoms with E-state index in [1.165, 1.54) is 4.90 Å². The van der Waals surface area contributed by atoms with Crippen molar-refractivity contribution in [3.8, 4) is 5.75 Å². The Bertz CT molecular complexity index is 1050. The van der Waals surface area contributed by atoms with Crippen molar-refractivity contribution in [1.29, 1.82) is 0 Å². The van der Waals surface area contributed by atoms with Crippen molar-refractivity contribution >= 4 is 33.5 Å². The summed E-state index contributed by atoms with van der Waals surface area (Å²) in [4.78, 5) is 27.6. The molecule has 3 aromatic carbocycles. The van der Waals surface area contributed by atoms with Crippen molar-refractivity contribution in [2.24, 2.45) is 0 Å². The highest BCUT2D eigenvalue weighted by Crippen LogP contribution is 2.38. The van der Waals surface area contributed by atoms with Crippen LogP contribution in [-0.2, 0) is 4.74 Å². The minimum atomic E-state index is -0.882. The molecule has 1 heterocycles. The first-order chi connectivity index (χ1) is 13.6. The molecule has 4 rings (SSSR count). The van der Waals surface area contributed by atoms with E-state index in [0.29, 0.717) is 32.6 Å². The molecule has 0 radical (unpaired) electrons. The molecule has 0 saturated carbocycles. The van der Waals surface area contributed by atoms with Gasteiger partial charge in [-0.2, -0.15) is 0 Å². The summed E-state index contributed by atoms with van der Waals surface area (Å²) in [5.41, 5.74) is 2.02. The van der Waals surface area contributed by atoms with Crippen molar-refractivity contribution in [3.05, 3.63) is 94.0 Å². The fraction of sp³-hybridized carbons (Fsp3) is 0.0909. The predicted molar refractivity (Wildman–Crippen MR) is 109 cm³/mol. The Labute approximate surface area is 170 Å². The lowest BCUT2D eigenvalue weighted by Gasteiger charge is -2.36. The maximum Gasteiger partial charge on any atom is 0.342 e. The Morgan fingerprint density at radius 2 is 1.68 bits per heavy atom. The number of cyclic esters (lactones) is 1. The van der Waals surface area contributed by atoms with Gasteiger partial charge in [0.1, 0.15) is 5.75 Å². The number of halogens is 1. The lowest BCUT2D eigenvalue weighted by Crippen LogP contribution is -2.41. The molecule has 0 saturated heterocycles. The largest absolute Gasteiger partial charge is 0.497 e. The Balaban J connectivity index is 1.85. The maximum absolute atomic E-state index is 13.5. The van der Waals surface area contributed by atoms with E-state index in [0.717, 1.165) is 0 Å². The van der Waals surface area contributed by atoms with Crippen LogP contribution in [0.4, 0.5) is 5.69 Å². The molecule has 0 spiro atoms. The van der Waals surface area contributed by atoms with Crippen LogP contribution in [0.1, 0.15) is 32.5 Å². The normalized spacial score (nSPS) is 15.6. The van der Waals surface area contributed by atoms with Gasteiger partial charge in [0.05, 0.1) is 23.9 Å². The summed E-state index contributed by atoms with van der Waals surface area (Å²) in [7, 11) is 1.58. The number of fused-ring (bicyclic) bond motifs is 1. The lowest BCUT2D eigenvalue weighted by molar-refractivity contribution is 0.0249. The molecular weight excluding hydrogens is 422 g/mol. The van der Waals surface area contributed by atoms with Gasteiger partial charge in [-0.05, 0) is 64.5 Å². The molecular formula is C22H16BrNO4. The Morgan fingerprint density at radius 1 is 1.00 bits per heavy atom. The third-order valence-electron chi connectivity index (χ3n) is 4.56. The van der Waals surface area contributed by atoms with Gasteiger partial charge in [0.15, 0.2) is 0 Å². The quantitative estimate of drug-likeness (QED) is 0.542. The number of esters is 1. The van der Waals surface area contributed by atoms with Gasteiger partial charge in [0.2, 0.25) is 6.23 Å². The monoisotopic (exact) mass is 437 g/mol. The Hall–Kier alpha value is -3.12. The number of benzene rings is 3. The highest BCUT2D eigenvalue weighted by Gasteiger charge is 2.38. The van der Waals surface area contributed by atoms with Crippen LogP contribution in [0.2, 0.25) is 0 Å². The van der Waals surface area contributed by atoms with E-state index < -0.39 is 12.2 Å². The molecule has 0 bridgehead atoms. The summed E-state index contributed by atoms with van der Waals surface area (Å²) < 4.78 is 11.5. The van der Waals surface area contributed by atoms with E-state index in [4.69, 9.17) is 9.47 Å². The Morgan fingerprint density at radius 3 is 2.39 bits per heavy atom. The zero-order chi connectivity index (χ0) is 19.7. The van der Waals surface area contributed by atoms with Crippen LogP contribution in [0.3, 0.4) is 0 Å². The number of carbonyl (C=O) groups is 2. The SMILES string of the molecule is COc1ccc([C@@H]2OC(=O)c3ccccc3N2C(=O)c2ccccc2Br)cc1. The third kappa shape index (κ3) is 3.16. The van der Waals surface area contributed by atoms with E-state index in [9.17, 15) is 9.59 Å². The molecule has 140 valence electrons. The van der Waals surface area contributed by atoms with Crippen molar-refractivity contribution in [2.45, 2.75) is 6.23 Å². The van der Waals surface area contributed by atoms with Crippen molar-refractivity contribution in [2.75, 3.05) is 12.0 Å². The first kappa shape index (κ1) is 18.3. The van der Waals surface area contributed by atoms with Crippen LogP contribution in [-0.4, -0.2) is 19.0 Å². The lowest BCUT2D eigenvalue weighted by atomic mass is 10.0. The Kier molecular flexibility index (Phi) is 4.88. The summed E-state index contributed by atoms with van der Waals surface area (Å²) in [5, 5.41) is 0. The van der Waals surface area contributed by atoms with Crippen molar-refractivity contribution in [1.82, 2.24) is 0 Å². The van der Waals surface area contributed by atoms with Crippen molar-refractivity contribution in [3.63, 3.8) is 0 Å². The van der Waals surface area contributed by atoms with Gasteiger partial charge in [-0.1, -0.05) is 24.3 Å². The number of amides is 1. The second-order valence-electron chi connectivity index (χ2n) is 6.20. The molecule has 0 N–H and O–H groups in total. The number of rotatable bonds is 3. The van der Waals surface area contributed by atoms with Gasteiger partial charge in [-0.15, -0.1) is 0 Å². The fourth-order valence-corrected chi connectivity index (χ4v) is 3.62. The molecule has 1 aliphatic rings. The van der Waals surface area contributed by atoms with E-state index in [1.807, 2.05) is 6.07 Å². The molecule has 0 unspecified atom stereocenters. The second-order valence-corrected chi connectivity index (χ2v) is 7.06. The van der Waals surface area contributed by atoms with E-state index >= 15 is 0 Å². The fourth-order valence-electron chi connectivity index (χ4n) is 3.17. The van der Waals surface area contributed by atoms with Gasteiger partial charge in [0, 0.05) is 10.0 Å². The van der Waals surface area contributed by atoms with Crippen LogP contribution < -0.4 is 9.64 Å². The minimum Gasteiger partial charge on any atom is -0.497 e. The van der Waals surface area contributed by atoms with Crippen LogP contribution in [0.15, 0.2) is 77.3 Å². The number of hydrogen-bond donors (Lipinski definition) is 0. The number of ether oxygens (including phenoxy) is 2. The zero-order valence-corrected chi connectivity index (χ0v) is 16.5. The third-order valence-corrected chi connectivity index (χ3v) is 5.25. The molecule has 1 aliphatic heterocycles. The molecule has 5 nitrogen and oxygen atoms in total. The summed E-state index contributed by atoms with van der Waals surface area (Å²) in [6, 6.07) is 21.2. The summed E-state index contributed by atoms with van der Waals surface area (Å²) in [6.45, 7) is 0. The second kappa shape index (κ2) is 7.48. The first-order valence-electron chi connectivity index (χ1n) is 8.62. The van der Waals surface area contributed by atoms with E-state index in [2.05, 4.69) is 15.9 Å². The summed E-state index contributed by atoms with van der Waals surface area (Å²) in [6.07, 6.45) is -0.882. The van der Waals surface area contributed by atoms with Gasteiger partial charge < -0.3 is 9.47 Å². The smallest absolute Gasteiger partial charge is 0.342 e. The zero-order valence-electron chi connectivity index (χ0n) is 15.0. The molecule has 3 aromatic rings. The molecule has 6 heteroatoms. The van der Waals surface area contributed by atoms with Gasteiger partial charge in [0.25, 0.3) is 5.91 Å². The van der Waals surface area contributed by atoms with Crippen LogP contribution in [0.25, 0.3) is 0 Å². The number of methoxy groups -OCH3 is 1. The van der Waals surface area contributed by atoms with Gasteiger partial charge >= 0.3 is 5.97 Å². The number of hydrogen-bond acceptors (Lipinski definition) is 4. The average Bonchev–Trinajstić information content (AvgIpc) is 2.74. The number of anilines is 1. The molecule has 1 atom stereocenters. The molecule has 0 aliphatic carbocycles. The summed E-state index contributed by atoms with van der Waals surface area (Å²) in [5.74, 6) is -0.0594. The molecule has 1 amide bonds. The van der Waals surface area contributed by atoms with E-state index in [-0.39, 0.29) is 5.91 Å². The topological polar surface area (TPSA) is 55.8 Å². The van der Waals surface area contributed by atoms with Crippen LogP contribution >= 0.6 is 15.9 Å². The van der Waals surface area contributed by atoms with Crippen LogP contribution in [0, 0.1) is 0 Å². The number of para-hydroxylation sites is 1. The molecule has 0 fully saturated rings. The number of carbonyl (C=O) groups excluding carboxylic acids is 2. The van der Waals surface area contributed by atoms with E-state index in [1.54, 1.807) is 73.8 Å². The standard InChI is InChI=1S/C22H16BrNO4/c1-27-15-12-10-14(11-13-15)21-24(20(25)16-6-2-4-8-18(16)23)19-9-5-3-7-17(19)22(26)28-21/h2-13,21H,1H3/t21-/m0/s1. The van der Waals surface area contributed by atoms with Gasteiger partial charge in [-0.3, -0.25) is 9.69 Å². The van der Waals surface area contributed by atoms with Gasteiger partial charge in [-0.25, -0.2) is 4.79 Å². The highest BCUT2D eigenvalue weighted by molar-refractivity contribution is 9.10. The molecule has 0 aromatic heterocycles. The minimum absolute atomic E-state index is 0.270. The highest BCUT2D eigenvalue weighted by atomic mass is 79.9. The van der Waals surface area contributed by atoms with Crippen LogP contribution in [0.5, 0.6) is 5.75 Å². The first-order valence-corrected chi connectivity index (χ1v) is 9.41. The predicted octanol–water partition coefficient (Wildman–Crippen LogP) is 4.97.